The van der Waals surface area contributed by atoms with Crippen LogP contribution in [0.15, 0.2) is 30.3 Å². The number of ether oxygens (including phenoxy) is 1. The molecular formula is C18H29Cl2N3O2. The summed E-state index contributed by atoms with van der Waals surface area (Å²) in [5.74, 6) is 0.866. The average Bonchev–Trinajstić information content (AvgIpc) is 3.39. The second kappa shape index (κ2) is 11.7. The van der Waals surface area contributed by atoms with Gasteiger partial charge in [-0.25, -0.2) is 0 Å². The van der Waals surface area contributed by atoms with E-state index in [1.54, 1.807) is 0 Å². The fourth-order valence-corrected chi connectivity index (χ4v) is 2.89. The van der Waals surface area contributed by atoms with Crippen LogP contribution in [-0.2, 0) is 16.1 Å². The van der Waals surface area contributed by atoms with Crippen molar-refractivity contribution in [1.82, 2.24) is 15.5 Å². The fourth-order valence-electron chi connectivity index (χ4n) is 2.89. The van der Waals surface area contributed by atoms with Crippen molar-refractivity contribution in [2.45, 2.75) is 25.5 Å². The molecule has 0 radical (unpaired) electrons. The number of carbonyl (C=O) groups excluding carboxylic acids is 1. The zero-order chi connectivity index (χ0) is 15.9. The summed E-state index contributed by atoms with van der Waals surface area (Å²) in [5.41, 5.74) is 1.32. The molecule has 0 bridgehead atoms. The van der Waals surface area contributed by atoms with Gasteiger partial charge < -0.3 is 15.4 Å². The van der Waals surface area contributed by atoms with Gasteiger partial charge in [-0.2, -0.15) is 0 Å². The smallest absolute Gasteiger partial charge is 0.234 e. The van der Waals surface area contributed by atoms with E-state index < -0.39 is 0 Å². The van der Waals surface area contributed by atoms with Crippen LogP contribution in [0.5, 0.6) is 0 Å². The van der Waals surface area contributed by atoms with Gasteiger partial charge >= 0.3 is 0 Å². The Kier molecular flexibility index (Phi) is 10.4. The van der Waals surface area contributed by atoms with Gasteiger partial charge in [0.05, 0.1) is 19.3 Å². The number of hydrogen-bond donors (Lipinski definition) is 2. The SMILES string of the molecule is Cl.Cl.O=C(CNCC1CC1)NCC1CN(Cc2ccccc2)CCO1. The van der Waals surface area contributed by atoms with E-state index in [1.807, 2.05) is 6.07 Å². The maximum Gasteiger partial charge on any atom is 0.234 e. The van der Waals surface area contributed by atoms with Crippen LogP contribution in [0.3, 0.4) is 0 Å². The summed E-state index contributed by atoms with van der Waals surface area (Å²) in [6.07, 6.45) is 2.70. The number of nitrogens with zero attached hydrogens (tertiary/aromatic N) is 1. The van der Waals surface area contributed by atoms with Gasteiger partial charge in [0.2, 0.25) is 5.91 Å². The molecule has 142 valence electrons. The van der Waals surface area contributed by atoms with Crippen molar-refractivity contribution in [2.24, 2.45) is 5.92 Å². The molecule has 2 aliphatic rings. The molecule has 2 N–H and O–H groups in total. The molecule has 1 saturated heterocycles. The van der Waals surface area contributed by atoms with Crippen LogP contribution in [-0.4, -0.2) is 56.2 Å². The number of halogens is 2. The van der Waals surface area contributed by atoms with Gasteiger partial charge in [-0.1, -0.05) is 30.3 Å². The van der Waals surface area contributed by atoms with E-state index in [9.17, 15) is 4.79 Å². The highest BCUT2D eigenvalue weighted by atomic mass is 35.5. The third-order valence-corrected chi connectivity index (χ3v) is 4.41. The number of rotatable bonds is 8. The second-order valence-electron chi connectivity index (χ2n) is 6.59. The van der Waals surface area contributed by atoms with Gasteiger partial charge in [-0.3, -0.25) is 9.69 Å². The molecule has 1 amide bonds. The molecule has 1 saturated carbocycles. The molecular weight excluding hydrogens is 361 g/mol. The Hall–Kier alpha value is -0.850. The van der Waals surface area contributed by atoms with Crippen LogP contribution in [0.1, 0.15) is 18.4 Å². The van der Waals surface area contributed by atoms with Crippen LogP contribution in [0, 0.1) is 5.92 Å². The fraction of sp³-hybridized carbons (Fsp3) is 0.611. The molecule has 1 unspecified atom stereocenters. The molecule has 2 fully saturated rings. The lowest BCUT2D eigenvalue weighted by Crippen LogP contribution is -2.48. The van der Waals surface area contributed by atoms with Crippen molar-refractivity contribution >= 4 is 30.7 Å². The number of carbonyl (C=O) groups is 1. The van der Waals surface area contributed by atoms with Crippen LogP contribution >= 0.6 is 24.8 Å². The molecule has 1 aliphatic carbocycles. The monoisotopic (exact) mass is 389 g/mol. The number of benzene rings is 1. The Morgan fingerprint density at radius 2 is 1.92 bits per heavy atom. The van der Waals surface area contributed by atoms with E-state index in [1.165, 1.54) is 18.4 Å². The summed E-state index contributed by atoms with van der Waals surface area (Å²) in [7, 11) is 0. The van der Waals surface area contributed by atoms with Crippen molar-refractivity contribution in [2.75, 3.05) is 39.3 Å². The van der Waals surface area contributed by atoms with E-state index in [-0.39, 0.29) is 36.8 Å². The van der Waals surface area contributed by atoms with Crippen molar-refractivity contribution in [3.8, 4) is 0 Å². The third kappa shape index (κ3) is 8.38. The molecule has 0 aromatic heterocycles. The second-order valence-corrected chi connectivity index (χ2v) is 6.59. The molecule has 1 aromatic carbocycles. The Morgan fingerprint density at radius 1 is 1.16 bits per heavy atom. The zero-order valence-corrected chi connectivity index (χ0v) is 16.1. The van der Waals surface area contributed by atoms with E-state index in [0.29, 0.717) is 13.1 Å². The van der Waals surface area contributed by atoms with Crippen molar-refractivity contribution in [3.05, 3.63) is 35.9 Å². The lowest BCUT2D eigenvalue weighted by atomic mass is 10.2. The van der Waals surface area contributed by atoms with Gasteiger partial charge in [0.15, 0.2) is 0 Å². The van der Waals surface area contributed by atoms with E-state index in [4.69, 9.17) is 4.74 Å². The summed E-state index contributed by atoms with van der Waals surface area (Å²) < 4.78 is 5.77. The minimum atomic E-state index is 0. The quantitative estimate of drug-likeness (QED) is 0.712. The molecule has 3 rings (SSSR count). The Balaban J connectivity index is 0.00000156. The lowest BCUT2D eigenvalue weighted by Gasteiger charge is -2.33. The van der Waals surface area contributed by atoms with Crippen molar-refractivity contribution < 1.29 is 9.53 Å². The highest BCUT2D eigenvalue weighted by molar-refractivity contribution is 5.85. The number of nitrogens with one attached hydrogen (secondary N) is 2. The van der Waals surface area contributed by atoms with Crippen molar-refractivity contribution in [1.29, 1.82) is 0 Å². The standard InChI is InChI=1S/C18H27N3O2.2ClH/c22-18(12-19-10-15-6-7-15)20-11-17-14-21(8-9-23-17)13-16-4-2-1-3-5-16;;/h1-5,15,17,19H,6-14H2,(H,20,22);2*1H. The predicted molar refractivity (Wildman–Crippen MR) is 105 cm³/mol. The molecule has 1 aliphatic heterocycles. The first kappa shape index (κ1) is 22.2. The molecule has 7 heteroatoms. The lowest BCUT2D eigenvalue weighted by molar-refractivity contribution is -0.121. The van der Waals surface area contributed by atoms with Gasteiger partial charge in [-0.05, 0) is 30.9 Å². The molecule has 1 atom stereocenters. The summed E-state index contributed by atoms with van der Waals surface area (Å²) in [6, 6.07) is 10.5. The highest BCUT2D eigenvalue weighted by Gasteiger charge is 2.22. The normalized spacial score (nSPS) is 20.2. The summed E-state index contributed by atoms with van der Waals surface area (Å²) >= 11 is 0. The topological polar surface area (TPSA) is 53.6 Å². The number of morpholine rings is 1. The van der Waals surface area contributed by atoms with E-state index in [2.05, 4.69) is 39.8 Å². The molecule has 1 aromatic rings. The molecule has 0 spiro atoms. The minimum absolute atomic E-state index is 0. The van der Waals surface area contributed by atoms with Crippen LogP contribution < -0.4 is 10.6 Å². The largest absolute Gasteiger partial charge is 0.374 e. The summed E-state index contributed by atoms with van der Waals surface area (Å²) in [5, 5.41) is 6.19. The number of hydrogen-bond acceptors (Lipinski definition) is 4. The number of amides is 1. The van der Waals surface area contributed by atoms with Crippen LogP contribution in [0.2, 0.25) is 0 Å². The van der Waals surface area contributed by atoms with Crippen molar-refractivity contribution in [3.63, 3.8) is 0 Å². The van der Waals surface area contributed by atoms with Gasteiger partial charge in [0.25, 0.3) is 0 Å². The Labute approximate surface area is 162 Å². The van der Waals surface area contributed by atoms with Gasteiger partial charge in [-0.15, -0.1) is 24.8 Å². The highest BCUT2D eigenvalue weighted by Crippen LogP contribution is 2.27. The predicted octanol–water partition coefficient (Wildman–Crippen LogP) is 1.85. The first-order valence-electron chi connectivity index (χ1n) is 8.65. The Bertz CT molecular complexity index is 500. The minimum Gasteiger partial charge on any atom is -0.374 e. The first-order chi connectivity index (χ1) is 11.3. The maximum absolute atomic E-state index is 11.8. The van der Waals surface area contributed by atoms with Crippen LogP contribution in [0.25, 0.3) is 0 Å². The zero-order valence-electron chi connectivity index (χ0n) is 14.5. The van der Waals surface area contributed by atoms with E-state index in [0.717, 1.165) is 38.7 Å². The van der Waals surface area contributed by atoms with Gasteiger partial charge in [0.1, 0.15) is 0 Å². The summed E-state index contributed by atoms with van der Waals surface area (Å²) in [4.78, 5) is 14.2. The average molecular weight is 390 g/mol. The molecule has 5 nitrogen and oxygen atoms in total. The van der Waals surface area contributed by atoms with Gasteiger partial charge in [0, 0.05) is 26.2 Å². The Morgan fingerprint density at radius 3 is 2.64 bits per heavy atom. The first-order valence-corrected chi connectivity index (χ1v) is 8.65. The van der Waals surface area contributed by atoms with E-state index >= 15 is 0 Å². The molecule has 25 heavy (non-hydrogen) atoms. The van der Waals surface area contributed by atoms with Crippen LogP contribution in [0.4, 0.5) is 0 Å². The third-order valence-electron chi connectivity index (χ3n) is 4.41. The molecule has 1 heterocycles. The summed E-state index contributed by atoms with van der Waals surface area (Å²) in [6.45, 7) is 5.46. The maximum atomic E-state index is 11.8.